The molecular formula is C15H16N2O. The molecule has 0 aliphatic heterocycles. The first kappa shape index (κ1) is 11.3. The minimum absolute atomic E-state index is 0.118. The molecule has 0 aromatic heterocycles. The van der Waals surface area contributed by atoms with Gasteiger partial charge in [-0.15, -0.1) is 0 Å². The van der Waals surface area contributed by atoms with E-state index in [4.69, 9.17) is 5.26 Å². The lowest BCUT2D eigenvalue weighted by Gasteiger charge is -2.13. The van der Waals surface area contributed by atoms with Gasteiger partial charge in [-0.25, -0.2) is 0 Å². The Morgan fingerprint density at radius 1 is 1.50 bits per heavy atom. The average molecular weight is 240 g/mol. The molecule has 1 fully saturated rings. The van der Waals surface area contributed by atoms with Crippen LogP contribution in [0.1, 0.15) is 23.5 Å². The zero-order chi connectivity index (χ0) is 12.7. The summed E-state index contributed by atoms with van der Waals surface area (Å²) in [7, 11) is 1.72. The first-order chi connectivity index (χ1) is 8.74. The van der Waals surface area contributed by atoms with Crippen molar-refractivity contribution in [3.63, 3.8) is 0 Å². The van der Waals surface area contributed by atoms with E-state index < -0.39 is 0 Å². The summed E-state index contributed by atoms with van der Waals surface area (Å²) >= 11 is 0. The van der Waals surface area contributed by atoms with Crippen LogP contribution >= 0.6 is 0 Å². The van der Waals surface area contributed by atoms with Gasteiger partial charge in [-0.3, -0.25) is 4.79 Å². The van der Waals surface area contributed by atoms with Gasteiger partial charge in [0.1, 0.15) is 6.54 Å². The predicted octanol–water partition coefficient (Wildman–Crippen LogP) is 1.94. The Hall–Kier alpha value is -1.82. The van der Waals surface area contributed by atoms with Crippen LogP contribution in [0.3, 0.4) is 0 Å². The highest BCUT2D eigenvalue weighted by Crippen LogP contribution is 2.60. The van der Waals surface area contributed by atoms with Crippen molar-refractivity contribution in [2.45, 2.75) is 18.8 Å². The lowest BCUT2D eigenvalue weighted by molar-refractivity contribution is -0.131. The maximum Gasteiger partial charge on any atom is 0.227 e. The Morgan fingerprint density at radius 3 is 3.06 bits per heavy atom. The number of carbonyl (C=O) groups excluding carboxylic acids is 1. The molecule has 0 saturated heterocycles. The topological polar surface area (TPSA) is 44.1 Å². The van der Waals surface area contributed by atoms with E-state index in [0.29, 0.717) is 11.8 Å². The van der Waals surface area contributed by atoms with E-state index in [-0.39, 0.29) is 18.4 Å². The lowest BCUT2D eigenvalue weighted by atomic mass is 9.92. The van der Waals surface area contributed by atoms with Gasteiger partial charge in [-0.2, -0.15) is 5.26 Å². The quantitative estimate of drug-likeness (QED) is 0.741. The average Bonchev–Trinajstić information content (AvgIpc) is 3.13. The molecule has 3 atom stereocenters. The summed E-state index contributed by atoms with van der Waals surface area (Å²) in [4.78, 5) is 13.8. The summed E-state index contributed by atoms with van der Waals surface area (Å²) < 4.78 is 0. The fraction of sp³-hybridized carbons (Fsp3) is 0.467. The number of hydrogen-bond acceptors (Lipinski definition) is 2. The molecule has 0 bridgehead atoms. The zero-order valence-corrected chi connectivity index (χ0v) is 10.5. The molecule has 1 amide bonds. The van der Waals surface area contributed by atoms with Crippen molar-refractivity contribution >= 4 is 5.91 Å². The molecule has 3 heteroatoms. The van der Waals surface area contributed by atoms with Crippen LogP contribution in [0, 0.1) is 23.2 Å². The fourth-order valence-electron chi connectivity index (χ4n) is 3.34. The number of rotatable bonds is 2. The van der Waals surface area contributed by atoms with Gasteiger partial charge in [0, 0.05) is 13.0 Å². The first-order valence-electron chi connectivity index (χ1n) is 6.43. The Bertz CT molecular complexity index is 532. The fourth-order valence-corrected chi connectivity index (χ4v) is 3.34. The molecule has 2 aliphatic carbocycles. The van der Waals surface area contributed by atoms with Crippen LogP contribution in [0.5, 0.6) is 0 Å². The van der Waals surface area contributed by atoms with Crippen LogP contribution in [0.4, 0.5) is 0 Å². The molecule has 1 aromatic rings. The second kappa shape index (κ2) is 4.13. The number of nitrogens with zero attached hydrogens (tertiary/aromatic N) is 2. The van der Waals surface area contributed by atoms with Gasteiger partial charge < -0.3 is 4.90 Å². The third-order valence-electron chi connectivity index (χ3n) is 4.30. The largest absolute Gasteiger partial charge is 0.332 e. The van der Waals surface area contributed by atoms with E-state index >= 15 is 0 Å². The van der Waals surface area contributed by atoms with Crippen molar-refractivity contribution in [3.8, 4) is 6.07 Å². The molecule has 18 heavy (non-hydrogen) atoms. The smallest absolute Gasteiger partial charge is 0.227 e. The molecule has 1 aromatic carbocycles. The van der Waals surface area contributed by atoms with Crippen LogP contribution in [0.2, 0.25) is 0 Å². The molecule has 0 spiro atoms. The molecule has 92 valence electrons. The SMILES string of the molecule is CN(CC#N)C(=O)C1C2CCc3ccccc3C21. The summed E-state index contributed by atoms with van der Waals surface area (Å²) in [5, 5.41) is 8.66. The molecule has 1 saturated carbocycles. The Balaban J connectivity index is 1.81. The minimum Gasteiger partial charge on any atom is -0.332 e. The highest BCUT2D eigenvalue weighted by molar-refractivity contribution is 5.84. The number of hydrogen-bond donors (Lipinski definition) is 0. The van der Waals surface area contributed by atoms with Gasteiger partial charge in [0.05, 0.1) is 6.07 Å². The monoisotopic (exact) mass is 240 g/mol. The maximum atomic E-state index is 12.2. The van der Waals surface area contributed by atoms with Crippen molar-refractivity contribution in [2.24, 2.45) is 11.8 Å². The van der Waals surface area contributed by atoms with E-state index in [9.17, 15) is 4.79 Å². The third kappa shape index (κ3) is 1.60. The Labute approximate surface area is 107 Å². The number of carbonyl (C=O) groups is 1. The normalized spacial score (nSPS) is 27.7. The van der Waals surface area contributed by atoms with Crippen molar-refractivity contribution in [3.05, 3.63) is 35.4 Å². The molecule has 2 aliphatic rings. The van der Waals surface area contributed by atoms with Gasteiger partial charge in [0.2, 0.25) is 5.91 Å². The molecule has 3 unspecified atom stereocenters. The van der Waals surface area contributed by atoms with Crippen LogP contribution < -0.4 is 0 Å². The van der Waals surface area contributed by atoms with Crippen molar-refractivity contribution in [2.75, 3.05) is 13.6 Å². The molecule has 0 N–H and O–H groups in total. The van der Waals surface area contributed by atoms with E-state index in [1.165, 1.54) is 11.1 Å². The molecular weight excluding hydrogens is 224 g/mol. The minimum atomic E-state index is 0.118. The van der Waals surface area contributed by atoms with Crippen molar-refractivity contribution in [1.82, 2.24) is 4.90 Å². The van der Waals surface area contributed by atoms with Crippen LogP contribution in [0.25, 0.3) is 0 Å². The summed E-state index contributed by atoms with van der Waals surface area (Å²) in [5.74, 6) is 1.17. The summed E-state index contributed by atoms with van der Waals surface area (Å²) in [5.41, 5.74) is 2.76. The van der Waals surface area contributed by atoms with Gasteiger partial charge in [0.15, 0.2) is 0 Å². The first-order valence-corrected chi connectivity index (χ1v) is 6.43. The van der Waals surface area contributed by atoms with Crippen molar-refractivity contribution < 1.29 is 4.79 Å². The van der Waals surface area contributed by atoms with Crippen LogP contribution in [0.15, 0.2) is 24.3 Å². The van der Waals surface area contributed by atoms with Crippen LogP contribution in [-0.4, -0.2) is 24.4 Å². The second-order valence-electron chi connectivity index (χ2n) is 5.31. The maximum absolute atomic E-state index is 12.2. The van der Waals surface area contributed by atoms with Crippen molar-refractivity contribution in [1.29, 1.82) is 5.26 Å². The number of benzene rings is 1. The highest BCUT2D eigenvalue weighted by atomic mass is 16.2. The van der Waals surface area contributed by atoms with E-state index in [2.05, 4.69) is 24.3 Å². The third-order valence-corrected chi connectivity index (χ3v) is 4.30. The second-order valence-corrected chi connectivity index (χ2v) is 5.31. The van der Waals surface area contributed by atoms with E-state index in [1.54, 1.807) is 11.9 Å². The lowest BCUT2D eigenvalue weighted by Crippen LogP contribution is -2.29. The van der Waals surface area contributed by atoms with E-state index in [1.807, 2.05) is 6.07 Å². The predicted molar refractivity (Wildman–Crippen MR) is 67.7 cm³/mol. The summed E-state index contributed by atoms with van der Waals surface area (Å²) in [6.45, 7) is 0.191. The van der Waals surface area contributed by atoms with E-state index in [0.717, 1.165) is 12.8 Å². The number of aryl methyl sites for hydroxylation is 1. The van der Waals surface area contributed by atoms with Gasteiger partial charge in [-0.1, -0.05) is 24.3 Å². The summed E-state index contributed by atoms with van der Waals surface area (Å²) in [6, 6.07) is 10.5. The number of fused-ring (bicyclic) bond motifs is 3. The number of nitriles is 1. The Morgan fingerprint density at radius 2 is 2.28 bits per heavy atom. The Kier molecular flexibility index (Phi) is 2.59. The number of amides is 1. The van der Waals surface area contributed by atoms with Gasteiger partial charge in [-0.05, 0) is 35.8 Å². The molecule has 0 radical (unpaired) electrons. The summed E-state index contributed by atoms with van der Waals surface area (Å²) in [6.07, 6.45) is 2.20. The molecule has 3 rings (SSSR count). The van der Waals surface area contributed by atoms with Gasteiger partial charge >= 0.3 is 0 Å². The highest BCUT2D eigenvalue weighted by Gasteiger charge is 2.57. The van der Waals surface area contributed by atoms with Crippen LogP contribution in [-0.2, 0) is 11.2 Å². The molecule has 0 heterocycles. The van der Waals surface area contributed by atoms with Gasteiger partial charge in [0.25, 0.3) is 0 Å². The standard InChI is InChI=1S/C15H16N2O/c1-17(9-8-16)15(18)14-12-7-6-10-4-2-3-5-11(10)13(12)14/h2-5,12-14H,6-7,9H2,1H3. The zero-order valence-electron chi connectivity index (χ0n) is 10.5. The molecule has 3 nitrogen and oxygen atoms in total.